The number of carbonyl (C=O) groups is 1. The summed E-state index contributed by atoms with van der Waals surface area (Å²) in [7, 11) is 1.31. The van der Waals surface area contributed by atoms with E-state index in [4.69, 9.17) is 4.74 Å². The SMILES string of the molecule is COC(=O)C#CCOCC1=CCCCCC1. The lowest BCUT2D eigenvalue weighted by Crippen LogP contribution is -2.00. The fraction of sp³-hybridized carbons (Fsp3) is 0.615. The average molecular weight is 222 g/mol. The standard InChI is InChI=1S/C13H18O3/c1-15-13(14)9-6-10-16-11-12-7-4-2-3-5-8-12/h7H,2-5,8,10-11H2,1H3. The van der Waals surface area contributed by atoms with E-state index in [1.54, 1.807) is 0 Å². The molecule has 88 valence electrons. The quantitative estimate of drug-likeness (QED) is 0.241. The smallest absolute Gasteiger partial charge is 0.384 e. The minimum atomic E-state index is -0.516. The Hall–Kier alpha value is -1.27. The van der Waals surface area contributed by atoms with Crippen molar-refractivity contribution in [3.8, 4) is 11.8 Å². The number of carbonyl (C=O) groups excluding carboxylic acids is 1. The van der Waals surface area contributed by atoms with E-state index < -0.39 is 5.97 Å². The zero-order valence-corrected chi connectivity index (χ0v) is 9.75. The van der Waals surface area contributed by atoms with Crippen molar-refractivity contribution in [2.75, 3.05) is 20.3 Å². The van der Waals surface area contributed by atoms with Crippen LogP contribution in [0.4, 0.5) is 0 Å². The Morgan fingerprint density at radius 2 is 2.31 bits per heavy atom. The Balaban J connectivity index is 2.16. The van der Waals surface area contributed by atoms with Crippen molar-refractivity contribution in [2.24, 2.45) is 0 Å². The first-order chi connectivity index (χ1) is 7.83. The topological polar surface area (TPSA) is 35.5 Å². The third-order valence-corrected chi connectivity index (χ3v) is 2.47. The van der Waals surface area contributed by atoms with Crippen LogP contribution in [0, 0.1) is 11.8 Å². The predicted molar refractivity (Wildman–Crippen MR) is 61.8 cm³/mol. The van der Waals surface area contributed by atoms with Gasteiger partial charge in [0.05, 0.1) is 13.7 Å². The molecule has 0 N–H and O–H groups in total. The third kappa shape index (κ3) is 5.57. The van der Waals surface area contributed by atoms with E-state index in [9.17, 15) is 4.79 Å². The molecule has 0 heterocycles. The van der Waals surface area contributed by atoms with Crippen LogP contribution < -0.4 is 0 Å². The summed E-state index contributed by atoms with van der Waals surface area (Å²) < 4.78 is 9.76. The minimum Gasteiger partial charge on any atom is -0.459 e. The first-order valence-corrected chi connectivity index (χ1v) is 5.65. The summed E-state index contributed by atoms with van der Waals surface area (Å²) >= 11 is 0. The fourth-order valence-corrected chi connectivity index (χ4v) is 1.60. The van der Waals surface area contributed by atoms with Crippen molar-refractivity contribution < 1.29 is 14.3 Å². The summed E-state index contributed by atoms with van der Waals surface area (Å²) in [5.74, 6) is 4.43. The number of esters is 1. The van der Waals surface area contributed by atoms with Gasteiger partial charge in [0, 0.05) is 5.92 Å². The summed E-state index contributed by atoms with van der Waals surface area (Å²) in [4.78, 5) is 10.7. The molecule has 0 bridgehead atoms. The molecule has 0 aromatic heterocycles. The van der Waals surface area contributed by atoms with Gasteiger partial charge < -0.3 is 9.47 Å². The highest BCUT2D eigenvalue weighted by Crippen LogP contribution is 2.16. The van der Waals surface area contributed by atoms with Crippen molar-refractivity contribution in [3.63, 3.8) is 0 Å². The molecule has 1 rings (SSSR count). The van der Waals surface area contributed by atoms with Gasteiger partial charge in [0.2, 0.25) is 0 Å². The second-order valence-corrected chi connectivity index (χ2v) is 3.75. The zero-order chi connectivity index (χ0) is 11.6. The molecule has 0 fully saturated rings. The van der Waals surface area contributed by atoms with Crippen LogP contribution in [0.2, 0.25) is 0 Å². The second-order valence-electron chi connectivity index (χ2n) is 3.75. The number of methoxy groups -OCH3 is 1. The molecule has 0 radical (unpaired) electrons. The van der Waals surface area contributed by atoms with E-state index in [-0.39, 0.29) is 6.61 Å². The molecular weight excluding hydrogens is 204 g/mol. The normalized spacial score (nSPS) is 15.4. The minimum absolute atomic E-state index is 0.284. The van der Waals surface area contributed by atoms with Gasteiger partial charge in [-0.25, -0.2) is 4.79 Å². The monoisotopic (exact) mass is 222 g/mol. The first-order valence-electron chi connectivity index (χ1n) is 5.65. The van der Waals surface area contributed by atoms with Crippen LogP contribution in [0.15, 0.2) is 11.6 Å². The maximum absolute atomic E-state index is 10.7. The van der Waals surface area contributed by atoms with Crippen LogP contribution in [-0.4, -0.2) is 26.3 Å². The van der Waals surface area contributed by atoms with E-state index in [1.165, 1.54) is 31.9 Å². The molecule has 0 spiro atoms. The Kier molecular flexibility index (Phi) is 6.36. The lowest BCUT2D eigenvalue weighted by atomic mass is 10.1. The lowest BCUT2D eigenvalue weighted by Gasteiger charge is -2.03. The van der Waals surface area contributed by atoms with Gasteiger partial charge >= 0.3 is 5.97 Å². The molecule has 0 atom stereocenters. The maximum Gasteiger partial charge on any atom is 0.384 e. The highest BCUT2D eigenvalue weighted by Gasteiger charge is 2.02. The van der Waals surface area contributed by atoms with E-state index in [1.807, 2.05) is 0 Å². The van der Waals surface area contributed by atoms with Crippen molar-refractivity contribution in [3.05, 3.63) is 11.6 Å². The number of rotatable bonds is 3. The molecule has 0 aromatic carbocycles. The van der Waals surface area contributed by atoms with Gasteiger partial charge in [0.1, 0.15) is 6.61 Å². The summed E-state index contributed by atoms with van der Waals surface area (Å²) in [6.07, 6.45) is 8.40. The summed E-state index contributed by atoms with van der Waals surface area (Å²) in [5.41, 5.74) is 1.36. The molecule has 0 aliphatic heterocycles. The first kappa shape index (κ1) is 12.8. The van der Waals surface area contributed by atoms with Crippen molar-refractivity contribution in [2.45, 2.75) is 32.1 Å². The van der Waals surface area contributed by atoms with E-state index in [0.717, 1.165) is 12.8 Å². The van der Waals surface area contributed by atoms with Crippen LogP contribution in [-0.2, 0) is 14.3 Å². The molecule has 0 amide bonds. The molecule has 3 nitrogen and oxygen atoms in total. The Labute approximate surface area is 96.8 Å². The van der Waals surface area contributed by atoms with E-state index in [2.05, 4.69) is 22.7 Å². The Morgan fingerprint density at radius 3 is 3.12 bits per heavy atom. The van der Waals surface area contributed by atoms with E-state index in [0.29, 0.717) is 6.61 Å². The number of ether oxygens (including phenoxy) is 2. The molecule has 1 aliphatic carbocycles. The van der Waals surface area contributed by atoms with Crippen LogP contribution in [0.25, 0.3) is 0 Å². The number of hydrogen-bond donors (Lipinski definition) is 0. The van der Waals surface area contributed by atoms with Crippen molar-refractivity contribution in [1.29, 1.82) is 0 Å². The van der Waals surface area contributed by atoms with E-state index >= 15 is 0 Å². The zero-order valence-electron chi connectivity index (χ0n) is 9.75. The molecular formula is C13H18O3. The van der Waals surface area contributed by atoms with Crippen LogP contribution in [0.3, 0.4) is 0 Å². The number of allylic oxidation sites excluding steroid dienone is 1. The molecule has 0 saturated carbocycles. The molecule has 0 aromatic rings. The van der Waals surface area contributed by atoms with Gasteiger partial charge in [0.25, 0.3) is 0 Å². The molecule has 0 unspecified atom stereocenters. The Bertz CT molecular complexity index is 307. The predicted octanol–water partition coefficient (Wildman–Crippen LogP) is 2.07. The molecule has 0 saturated heterocycles. The van der Waals surface area contributed by atoms with Gasteiger partial charge in [-0.05, 0) is 31.3 Å². The second kappa shape index (κ2) is 7.95. The summed E-state index contributed by atoms with van der Waals surface area (Å²) in [5, 5.41) is 0. The van der Waals surface area contributed by atoms with Gasteiger partial charge in [-0.3, -0.25) is 0 Å². The summed E-state index contributed by atoms with van der Waals surface area (Å²) in [6.45, 7) is 0.919. The highest BCUT2D eigenvalue weighted by molar-refractivity contribution is 5.88. The van der Waals surface area contributed by atoms with Crippen LogP contribution in [0.1, 0.15) is 32.1 Å². The third-order valence-electron chi connectivity index (χ3n) is 2.47. The highest BCUT2D eigenvalue weighted by atomic mass is 16.5. The van der Waals surface area contributed by atoms with Crippen molar-refractivity contribution in [1.82, 2.24) is 0 Å². The average Bonchev–Trinajstić information content (AvgIpc) is 2.57. The number of hydrogen-bond acceptors (Lipinski definition) is 3. The van der Waals surface area contributed by atoms with Gasteiger partial charge in [-0.15, -0.1) is 0 Å². The van der Waals surface area contributed by atoms with Gasteiger partial charge in [-0.1, -0.05) is 18.4 Å². The van der Waals surface area contributed by atoms with Crippen molar-refractivity contribution >= 4 is 5.97 Å². The fourth-order valence-electron chi connectivity index (χ4n) is 1.60. The molecule has 1 aliphatic rings. The van der Waals surface area contributed by atoms with Crippen LogP contribution in [0.5, 0.6) is 0 Å². The summed E-state index contributed by atoms with van der Waals surface area (Å²) in [6, 6.07) is 0. The molecule has 16 heavy (non-hydrogen) atoms. The largest absolute Gasteiger partial charge is 0.459 e. The molecule has 3 heteroatoms. The van der Waals surface area contributed by atoms with Gasteiger partial charge in [0.15, 0.2) is 0 Å². The van der Waals surface area contributed by atoms with Gasteiger partial charge in [-0.2, -0.15) is 0 Å². The lowest BCUT2D eigenvalue weighted by molar-refractivity contribution is -0.133. The van der Waals surface area contributed by atoms with Crippen LogP contribution >= 0.6 is 0 Å². The Morgan fingerprint density at radius 1 is 1.44 bits per heavy atom. The maximum atomic E-state index is 10.7.